The Morgan fingerprint density at radius 1 is 0.737 bits per heavy atom. The molecule has 4 heterocycles. The number of hydrogen-bond donors (Lipinski definition) is 2. The Bertz CT molecular complexity index is 2280. The summed E-state index contributed by atoms with van der Waals surface area (Å²) in [5.41, 5.74) is 12.8. The van der Waals surface area contributed by atoms with Crippen molar-refractivity contribution in [2.75, 3.05) is 4.90 Å². The van der Waals surface area contributed by atoms with Crippen molar-refractivity contribution < 1.29 is 4.74 Å². The molecule has 5 heteroatoms. The van der Waals surface area contributed by atoms with Gasteiger partial charge in [-0.3, -0.25) is 5.32 Å². The number of ether oxygens (including phenoxy) is 1. The van der Waals surface area contributed by atoms with Crippen molar-refractivity contribution in [3.8, 4) is 0 Å². The molecule has 0 fully saturated rings. The van der Waals surface area contributed by atoms with E-state index in [1.165, 1.54) is 63.4 Å². The van der Waals surface area contributed by atoms with Gasteiger partial charge in [-0.15, -0.1) is 0 Å². The lowest BCUT2D eigenvalue weighted by Gasteiger charge is -2.46. The van der Waals surface area contributed by atoms with E-state index in [0.29, 0.717) is 41.9 Å². The molecule has 11 aliphatic rings. The Balaban J connectivity index is 0.844. The Morgan fingerprint density at radius 3 is 2.60 bits per heavy atom. The number of rotatable bonds is 5. The maximum Gasteiger partial charge on any atom is 0.156 e. The summed E-state index contributed by atoms with van der Waals surface area (Å²) in [5.74, 6) is 2.82. The number of hydrogen-bond acceptors (Lipinski definition) is 5. The number of allylic oxidation sites excluding steroid dienone is 15. The van der Waals surface area contributed by atoms with Crippen LogP contribution in [0.1, 0.15) is 75.7 Å². The molecule has 1 aromatic carbocycles. The average molecular weight is 751 g/mol. The molecule has 4 aliphatic heterocycles. The van der Waals surface area contributed by atoms with Crippen LogP contribution in [0.4, 0.5) is 5.69 Å². The molecule has 0 bridgehead atoms. The van der Waals surface area contributed by atoms with Gasteiger partial charge in [-0.1, -0.05) is 121 Å². The van der Waals surface area contributed by atoms with Crippen LogP contribution in [0.5, 0.6) is 0 Å². The second-order valence-corrected chi connectivity index (χ2v) is 17.9. The molecule has 0 saturated heterocycles. The van der Waals surface area contributed by atoms with Gasteiger partial charge in [0.2, 0.25) is 0 Å². The minimum Gasteiger partial charge on any atom is -0.488 e. The summed E-state index contributed by atoms with van der Waals surface area (Å²) in [6.07, 6.45) is 54.7. The van der Waals surface area contributed by atoms with E-state index in [4.69, 9.17) is 4.74 Å². The molecule has 288 valence electrons. The van der Waals surface area contributed by atoms with E-state index in [1.54, 1.807) is 5.70 Å². The second kappa shape index (κ2) is 13.8. The molecule has 57 heavy (non-hydrogen) atoms. The summed E-state index contributed by atoms with van der Waals surface area (Å²) >= 11 is 0. The van der Waals surface area contributed by atoms with Gasteiger partial charge in [-0.05, 0) is 98.1 Å². The lowest BCUT2D eigenvalue weighted by Crippen LogP contribution is -2.63. The Kier molecular flexibility index (Phi) is 8.27. The Hall–Kier alpha value is -5.00. The molecule has 1 aromatic rings. The highest BCUT2D eigenvalue weighted by molar-refractivity contribution is 5.65. The van der Waals surface area contributed by atoms with Crippen LogP contribution in [0.15, 0.2) is 179 Å². The van der Waals surface area contributed by atoms with Crippen molar-refractivity contribution in [2.45, 2.75) is 107 Å². The molecule has 10 atom stereocenters. The van der Waals surface area contributed by atoms with Gasteiger partial charge in [0, 0.05) is 64.5 Å². The molecule has 0 radical (unpaired) electrons. The molecule has 0 spiro atoms. The third kappa shape index (κ3) is 5.59. The highest BCUT2D eigenvalue weighted by Gasteiger charge is 2.49. The fourth-order valence-electron chi connectivity index (χ4n) is 12.2. The monoisotopic (exact) mass is 750 g/mol. The number of fused-ring (bicyclic) bond motifs is 7. The van der Waals surface area contributed by atoms with Crippen molar-refractivity contribution in [2.24, 2.45) is 17.8 Å². The van der Waals surface area contributed by atoms with Gasteiger partial charge in [-0.2, -0.15) is 0 Å². The van der Waals surface area contributed by atoms with Gasteiger partial charge in [0.1, 0.15) is 11.9 Å². The van der Waals surface area contributed by atoms with Crippen molar-refractivity contribution >= 4 is 5.69 Å². The van der Waals surface area contributed by atoms with Crippen LogP contribution < -0.4 is 15.5 Å². The summed E-state index contributed by atoms with van der Waals surface area (Å²) in [4.78, 5) is 5.55. The normalized spacial score (nSPS) is 36.7. The van der Waals surface area contributed by atoms with Crippen molar-refractivity contribution in [1.82, 2.24) is 15.5 Å². The summed E-state index contributed by atoms with van der Waals surface area (Å²) in [6, 6.07) is 10.6. The predicted octanol–water partition coefficient (Wildman–Crippen LogP) is 10.2. The number of nitrogens with one attached hydrogen (secondary N) is 2. The van der Waals surface area contributed by atoms with E-state index < -0.39 is 0 Å². The van der Waals surface area contributed by atoms with Gasteiger partial charge in [0.05, 0.1) is 12.1 Å². The minimum atomic E-state index is 0.0219. The third-order valence-electron chi connectivity index (χ3n) is 14.9. The molecule has 0 saturated carbocycles. The van der Waals surface area contributed by atoms with Gasteiger partial charge in [0.15, 0.2) is 6.29 Å². The predicted molar refractivity (Wildman–Crippen MR) is 231 cm³/mol. The largest absolute Gasteiger partial charge is 0.488 e. The highest BCUT2D eigenvalue weighted by Crippen LogP contribution is 2.52. The van der Waals surface area contributed by atoms with E-state index in [9.17, 15) is 0 Å². The second-order valence-electron chi connectivity index (χ2n) is 17.9. The standard InChI is InChI=1S/C52H54N4O/c1-3-14-33(15-4-1)44-32-45(34-16-5-2-6-17-34)54-52(53-44)56-47-24-11-8-19-39(47)43-31-36(27-29-49(43)56)55-46-23-10-7-18-38(46)42-30-35(26-28-48(42)55)37-21-13-22-41-40-20-9-12-25-50(40)57-51(37)41/h1-3,5,7-9,11,13-14,18-22,24,26-30,32,34,36-37,42-43,45,48-49,51-54H,4,6,10,12,15-17,23,25,31H2. The molecular weight excluding hydrogens is 697 g/mol. The molecule has 12 rings (SSSR count). The zero-order chi connectivity index (χ0) is 37.5. The molecule has 2 N–H and O–H groups in total. The fraction of sp³-hybridized carbons (Fsp3) is 0.385. The Morgan fingerprint density at radius 2 is 1.67 bits per heavy atom. The van der Waals surface area contributed by atoms with E-state index in [0.717, 1.165) is 51.4 Å². The van der Waals surface area contributed by atoms with Crippen LogP contribution in [-0.2, 0) is 4.74 Å². The summed E-state index contributed by atoms with van der Waals surface area (Å²) in [5, 5.41) is 8.24. The van der Waals surface area contributed by atoms with E-state index in [-0.39, 0.29) is 18.3 Å². The van der Waals surface area contributed by atoms with Gasteiger partial charge in [0.25, 0.3) is 0 Å². The number of anilines is 1. The van der Waals surface area contributed by atoms with Crippen LogP contribution in [0.25, 0.3) is 0 Å². The molecule has 5 nitrogen and oxygen atoms in total. The molecular formula is C52H54N4O. The molecule has 10 unspecified atom stereocenters. The van der Waals surface area contributed by atoms with Crippen molar-refractivity contribution in [3.05, 3.63) is 184 Å². The van der Waals surface area contributed by atoms with Crippen LogP contribution in [0, 0.1) is 17.8 Å². The van der Waals surface area contributed by atoms with Crippen LogP contribution >= 0.6 is 0 Å². The zero-order valence-electron chi connectivity index (χ0n) is 32.8. The zero-order valence-corrected chi connectivity index (χ0v) is 32.8. The molecule has 0 aromatic heterocycles. The summed E-state index contributed by atoms with van der Waals surface area (Å²) in [7, 11) is 0. The number of benzene rings is 1. The van der Waals surface area contributed by atoms with Gasteiger partial charge in [-0.25, -0.2) is 0 Å². The third-order valence-corrected chi connectivity index (χ3v) is 14.9. The minimum absolute atomic E-state index is 0.0219. The fourth-order valence-corrected chi connectivity index (χ4v) is 12.2. The topological polar surface area (TPSA) is 39.8 Å². The van der Waals surface area contributed by atoms with E-state index >= 15 is 0 Å². The first-order valence-electron chi connectivity index (χ1n) is 22.1. The maximum atomic E-state index is 6.73. The number of para-hydroxylation sites is 1. The van der Waals surface area contributed by atoms with E-state index in [1.807, 2.05) is 0 Å². The van der Waals surface area contributed by atoms with Gasteiger partial charge >= 0.3 is 0 Å². The van der Waals surface area contributed by atoms with Crippen LogP contribution in [-0.4, -0.2) is 41.5 Å². The smallest absolute Gasteiger partial charge is 0.156 e. The first-order chi connectivity index (χ1) is 28.3. The maximum absolute atomic E-state index is 6.73. The van der Waals surface area contributed by atoms with E-state index in [2.05, 4.69) is 154 Å². The lowest BCUT2D eigenvalue weighted by molar-refractivity contribution is 0.134. The molecule has 0 amide bonds. The van der Waals surface area contributed by atoms with Crippen molar-refractivity contribution in [1.29, 1.82) is 0 Å². The first-order valence-corrected chi connectivity index (χ1v) is 22.1. The average Bonchev–Trinajstić information content (AvgIpc) is 3.94. The SMILES string of the molecule is C1=CCCC(C2=CC(C3CC=CCC3)NC(N3c4ccccc4C4CC(N5C6=C(C=CCC6)C6C=C(C7C=CC=C8C9=C(CCC=C9)OC87)C=CC65)C=CC43)N2)=C1. The highest BCUT2D eigenvalue weighted by atomic mass is 16.5. The summed E-state index contributed by atoms with van der Waals surface area (Å²) < 4.78 is 6.73. The lowest BCUT2D eigenvalue weighted by atomic mass is 9.77. The first kappa shape index (κ1) is 34.1. The van der Waals surface area contributed by atoms with Crippen molar-refractivity contribution in [3.63, 3.8) is 0 Å². The summed E-state index contributed by atoms with van der Waals surface area (Å²) in [6.45, 7) is 0. The van der Waals surface area contributed by atoms with Crippen LogP contribution in [0.3, 0.4) is 0 Å². The number of nitrogens with zero attached hydrogens (tertiary/aromatic N) is 2. The van der Waals surface area contributed by atoms with Crippen LogP contribution in [0.2, 0.25) is 0 Å². The van der Waals surface area contributed by atoms with Gasteiger partial charge < -0.3 is 19.9 Å². The quantitative estimate of drug-likeness (QED) is 0.293. The molecule has 7 aliphatic carbocycles. The Labute approximate surface area is 338 Å².